The highest BCUT2D eigenvalue weighted by Gasteiger charge is 2.40. The summed E-state index contributed by atoms with van der Waals surface area (Å²) in [6, 6.07) is 14.6. The first-order valence-electron chi connectivity index (χ1n) is 8.38. The molecule has 25 heavy (non-hydrogen) atoms. The molecule has 5 heteroatoms. The van der Waals surface area contributed by atoms with E-state index in [1.54, 1.807) is 6.07 Å². The zero-order chi connectivity index (χ0) is 17.3. The smallest absolute Gasteiger partial charge is 0.123 e. The fourth-order valence-corrected chi connectivity index (χ4v) is 3.76. The molecule has 1 aliphatic rings. The average molecular weight is 365 g/mol. The van der Waals surface area contributed by atoms with Crippen LogP contribution in [0.1, 0.15) is 31.0 Å². The Morgan fingerprint density at radius 2 is 1.92 bits per heavy atom. The fraction of sp³-hybridized carbons (Fsp3) is 0.400. The van der Waals surface area contributed by atoms with Gasteiger partial charge in [0.15, 0.2) is 0 Å². The largest absolute Gasteiger partial charge is 0.389 e. The minimum atomic E-state index is -0.640. The van der Waals surface area contributed by atoms with E-state index in [0.717, 1.165) is 17.8 Å². The van der Waals surface area contributed by atoms with E-state index in [9.17, 15) is 9.50 Å². The first-order chi connectivity index (χ1) is 11.4. The number of fused-ring (bicyclic) bond motifs is 1. The van der Waals surface area contributed by atoms with Gasteiger partial charge in [0, 0.05) is 24.2 Å². The van der Waals surface area contributed by atoms with Crippen molar-refractivity contribution >= 4 is 18.1 Å². The van der Waals surface area contributed by atoms with Crippen LogP contribution in [-0.4, -0.2) is 31.3 Å². The van der Waals surface area contributed by atoms with Crippen LogP contribution in [0, 0.1) is 5.82 Å². The number of hydrogen-bond acceptors (Lipinski definition) is 3. The summed E-state index contributed by atoms with van der Waals surface area (Å²) in [6.07, 6.45) is -0.640. The standard InChI is InChI=1S/C20H25FN2O.ClH/c1-20(2)13-23(17-10-5-4-9-16(17)20)19(18(24)12-22-3)14-7-6-8-15(21)11-14;/h4-11,18-19,22,24H,12-13H2,1-3H3;1H/t18-,19+;/m1./s1. The van der Waals surface area contributed by atoms with Crippen LogP contribution in [0.25, 0.3) is 0 Å². The third kappa shape index (κ3) is 3.81. The zero-order valence-electron chi connectivity index (χ0n) is 14.9. The van der Waals surface area contributed by atoms with Crippen LogP contribution < -0.4 is 10.2 Å². The predicted octanol–water partition coefficient (Wildman–Crippen LogP) is 3.67. The predicted molar refractivity (Wildman–Crippen MR) is 103 cm³/mol. The molecule has 2 N–H and O–H groups in total. The Morgan fingerprint density at radius 1 is 1.20 bits per heavy atom. The van der Waals surface area contributed by atoms with E-state index in [2.05, 4.69) is 36.2 Å². The second-order valence-corrected chi connectivity index (χ2v) is 7.15. The van der Waals surface area contributed by atoms with Gasteiger partial charge in [0.2, 0.25) is 0 Å². The summed E-state index contributed by atoms with van der Waals surface area (Å²) in [6.45, 7) is 5.65. The first-order valence-corrected chi connectivity index (χ1v) is 8.38. The van der Waals surface area contributed by atoms with E-state index in [-0.39, 0.29) is 29.7 Å². The molecular formula is C20H26ClFN2O. The molecule has 0 aliphatic carbocycles. The molecule has 2 aromatic carbocycles. The second-order valence-electron chi connectivity index (χ2n) is 7.15. The molecule has 1 heterocycles. The molecule has 2 aromatic rings. The highest BCUT2D eigenvalue weighted by molar-refractivity contribution is 5.85. The number of nitrogens with one attached hydrogen (secondary N) is 1. The third-order valence-electron chi connectivity index (χ3n) is 4.81. The van der Waals surface area contributed by atoms with Crippen LogP contribution in [0.2, 0.25) is 0 Å². The summed E-state index contributed by atoms with van der Waals surface area (Å²) in [5.41, 5.74) is 3.17. The summed E-state index contributed by atoms with van der Waals surface area (Å²) >= 11 is 0. The van der Waals surface area contributed by atoms with Crippen LogP contribution >= 0.6 is 12.4 Å². The quantitative estimate of drug-likeness (QED) is 0.849. The van der Waals surface area contributed by atoms with Gasteiger partial charge >= 0.3 is 0 Å². The Hall–Kier alpha value is -1.62. The van der Waals surface area contributed by atoms with Crippen molar-refractivity contribution in [2.45, 2.75) is 31.4 Å². The van der Waals surface area contributed by atoms with Gasteiger partial charge in [-0.2, -0.15) is 0 Å². The van der Waals surface area contributed by atoms with Crippen molar-refractivity contribution < 1.29 is 9.50 Å². The van der Waals surface area contributed by atoms with Crippen LogP contribution in [0.5, 0.6) is 0 Å². The van der Waals surface area contributed by atoms with E-state index < -0.39 is 6.10 Å². The van der Waals surface area contributed by atoms with Crippen LogP contribution in [0.15, 0.2) is 48.5 Å². The number of aliphatic hydroxyl groups excluding tert-OH is 1. The van der Waals surface area contributed by atoms with Crippen molar-refractivity contribution in [1.29, 1.82) is 0 Å². The second kappa shape index (κ2) is 7.73. The molecule has 0 unspecified atom stereocenters. The van der Waals surface area contributed by atoms with E-state index in [4.69, 9.17) is 0 Å². The minimum absolute atomic E-state index is 0. The molecule has 2 atom stereocenters. The maximum atomic E-state index is 13.8. The Kier molecular flexibility index (Phi) is 6.09. The zero-order valence-corrected chi connectivity index (χ0v) is 15.7. The summed E-state index contributed by atoms with van der Waals surface area (Å²) in [5, 5.41) is 13.8. The Balaban J connectivity index is 0.00000225. The topological polar surface area (TPSA) is 35.5 Å². The Labute approximate surface area is 155 Å². The van der Waals surface area contributed by atoms with Gasteiger partial charge in [-0.1, -0.05) is 44.2 Å². The summed E-state index contributed by atoms with van der Waals surface area (Å²) in [7, 11) is 1.81. The molecule has 3 nitrogen and oxygen atoms in total. The number of likely N-dealkylation sites (N-methyl/N-ethyl adjacent to an activating group) is 1. The first kappa shape index (κ1) is 19.7. The lowest BCUT2D eigenvalue weighted by molar-refractivity contribution is 0.140. The maximum absolute atomic E-state index is 13.8. The van der Waals surface area contributed by atoms with Gasteiger partial charge < -0.3 is 15.3 Å². The van der Waals surface area contributed by atoms with Crippen molar-refractivity contribution in [3.8, 4) is 0 Å². The van der Waals surface area contributed by atoms with Crippen LogP contribution in [0.3, 0.4) is 0 Å². The van der Waals surface area contributed by atoms with E-state index in [1.165, 1.54) is 17.7 Å². The maximum Gasteiger partial charge on any atom is 0.123 e. The molecular weight excluding hydrogens is 339 g/mol. The lowest BCUT2D eigenvalue weighted by Crippen LogP contribution is -2.42. The van der Waals surface area contributed by atoms with Gasteiger partial charge in [-0.15, -0.1) is 12.4 Å². The van der Waals surface area contributed by atoms with Crippen molar-refractivity contribution in [2.24, 2.45) is 0 Å². The summed E-state index contributed by atoms with van der Waals surface area (Å²) in [4.78, 5) is 2.21. The normalized spacial score (nSPS) is 17.6. The molecule has 0 aromatic heterocycles. The molecule has 136 valence electrons. The third-order valence-corrected chi connectivity index (χ3v) is 4.81. The molecule has 0 spiro atoms. The number of benzene rings is 2. The van der Waals surface area contributed by atoms with Gasteiger partial charge in [-0.05, 0) is 36.4 Å². The molecule has 0 fully saturated rings. The average Bonchev–Trinajstić information content (AvgIpc) is 2.80. The van der Waals surface area contributed by atoms with Crippen LogP contribution in [0.4, 0.5) is 10.1 Å². The summed E-state index contributed by atoms with van der Waals surface area (Å²) < 4.78 is 13.8. The number of rotatable bonds is 5. The summed E-state index contributed by atoms with van der Waals surface area (Å²) in [5.74, 6) is -0.277. The molecule has 3 rings (SSSR count). The van der Waals surface area contributed by atoms with Gasteiger partial charge in [0.25, 0.3) is 0 Å². The highest BCUT2D eigenvalue weighted by Crippen LogP contribution is 2.45. The van der Waals surface area contributed by atoms with Gasteiger partial charge in [0.1, 0.15) is 5.82 Å². The van der Waals surface area contributed by atoms with Crippen molar-refractivity contribution in [1.82, 2.24) is 5.32 Å². The number of hydrogen-bond donors (Lipinski definition) is 2. The van der Waals surface area contributed by atoms with Crippen molar-refractivity contribution in [3.63, 3.8) is 0 Å². The lowest BCUT2D eigenvalue weighted by Gasteiger charge is -2.35. The fourth-order valence-electron chi connectivity index (χ4n) is 3.76. The van der Waals surface area contributed by atoms with Gasteiger partial charge in [-0.25, -0.2) is 4.39 Å². The number of para-hydroxylation sites is 1. The van der Waals surface area contributed by atoms with Gasteiger partial charge in [0.05, 0.1) is 12.1 Å². The monoisotopic (exact) mass is 364 g/mol. The molecule has 0 bridgehead atoms. The van der Waals surface area contributed by atoms with Crippen molar-refractivity contribution in [2.75, 3.05) is 25.0 Å². The number of aliphatic hydroxyl groups is 1. The van der Waals surface area contributed by atoms with E-state index in [0.29, 0.717) is 6.54 Å². The highest BCUT2D eigenvalue weighted by atomic mass is 35.5. The minimum Gasteiger partial charge on any atom is -0.389 e. The van der Waals surface area contributed by atoms with E-state index >= 15 is 0 Å². The molecule has 0 amide bonds. The Morgan fingerprint density at radius 3 is 2.60 bits per heavy atom. The molecule has 0 saturated heterocycles. The van der Waals surface area contributed by atoms with Crippen molar-refractivity contribution in [3.05, 3.63) is 65.5 Å². The van der Waals surface area contributed by atoms with E-state index in [1.807, 2.05) is 25.2 Å². The SMILES string of the molecule is CNC[C@@H](O)[C@H](c1cccc(F)c1)N1CC(C)(C)c2ccccc21.Cl. The molecule has 0 saturated carbocycles. The molecule has 0 radical (unpaired) electrons. The number of nitrogens with zero attached hydrogens (tertiary/aromatic N) is 1. The number of halogens is 2. The number of anilines is 1. The van der Waals surface area contributed by atoms with Crippen LogP contribution in [-0.2, 0) is 5.41 Å². The molecule has 1 aliphatic heterocycles. The lowest BCUT2D eigenvalue weighted by atomic mass is 9.87. The van der Waals surface area contributed by atoms with Gasteiger partial charge in [-0.3, -0.25) is 0 Å². The Bertz CT molecular complexity index is 722.